The quantitative estimate of drug-likeness (QED) is 0.227. The first kappa shape index (κ1) is 27.2. The summed E-state index contributed by atoms with van der Waals surface area (Å²) in [5, 5.41) is 5.68. The van der Waals surface area contributed by atoms with Crippen molar-refractivity contribution in [1.29, 1.82) is 0 Å². The van der Waals surface area contributed by atoms with Crippen LogP contribution in [0.3, 0.4) is 0 Å². The van der Waals surface area contributed by atoms with Crippen molar-refractivity contribution in [2.45, 2.75) is 25.9 Å². The molecule has 2 aromatic rings. The minimum atomic E-state index is -1.30. The van der Waals surface area contributed by atoms with Crippen molar-refractivity contribution >= 4 is 45.8 Å². The van der Waals surface area contributed by atoms with E-state index in [1.165, 1.54) is 24.0 Å². The second kappa shape index (κ2) is 12.0. The molecule has 2 N–H and O–H groups in total. The van der Waals surface area contributed by atoms with Gasteiger partial charge in [-0.1, -0.05) is 6.92 Å². The molecule has 1 amide bonds. The maximum Gasteiger partial charge on any atom is 0.303 e. The molecule has 1 saturated heterocycles. The van der Waals surface area contributed by atoms with Crippen LogP contribution < -0.4 is 10.6 Å². The van der Waals surface area contributed by atoms with Gasteiger partial charge in [0.2, 0.25) is 0 Å². The van der Waals surface area contributed by atoms with Crippen LogP contribution in [-0.4, -0.2) is 61.8 Å². The molecular formula is C24H27F3IN3O4. The lowest BCUT2D eigenvalue weighted by atomic mass is 9.92. The monoisotopic (exact) mass is 605 g/mol. The minimum Gasteiger partial charge on any atom is -0.454 e. The zero-order valence-electron chi connectivity index (χ0n) is 19.4. The number of anilines is 2. The number of amides is 1. The van der Waals surface area contributed by atoms with Crippen molar-refractivity contribution in [3.05, 3.63) is 56.9 Å². The number of hydrogen-bond acceptors (Lipinski definition) is 6. The Bertz CT molecular complexity index is 1080. The predicted octanol–water partition coefficient (Wildman–Crippen LogP) is 4.23. The predicted molar refractivity (Wildman–Crippen MR) is 133 cm³/mol. The molecule has 0 spiro atoms. The largest absolute Gasteiger partial charge is 0.454 e. The molecule has 0 radical (unpaired) electrons. The average molecular weight is 605 g/mol. The summed E-state index contributed by atoms with van der Waals surface area (Å²) in [7, 11) is 0. The standard InChI is InChI=1S/C24H27F3IN3O4/c1-3-9-34-10-8-29-12-24(35-15(2)32)13-31(14-24)23(33)17-5-6-18(25)21(27)22(17)30-20-7-4-16(28)11-19(20)26/h4-7,11,29-30H,3,8-10,12-14H2,1-2H3. The summed E-state index contributed by atoms with van der Waals surface area (Å²) in [6.45, 7) is 5.38. The third kappa shape index (κ3) is 6.85. The summed E-state index contributed by atoms with van der Waals surface area (Å²) in [6, 6.07) is 6.18. The first-order chi connectivity index (χ1) is 16.7. The number of nitrogens with zero attached hydrogens (tertiary/aromatic N) is 1. The highest BCUT2D eigenvalue weighted by Gasteiger charge is 2.48. The van der Waals surface area contributed by atoms with E-state index in [-0.39, 0.29) is 24.3 Å². The van der Waals surface area contributed by atoms with Crippen molar-refractivity contribution in [2.24, 2.45) is 0 Å². The van der Waals surface area contributed by atoms with E-state index in [9.17, 15) is 22.8 Å². The van der Waals surface area contributed by atoms with E-state index in [0.29, 0.717) is 29.9 Å². The van der Waals surface area contributed by atoms with Crippen molar-refractivity contribution in [2.75, 3.05) is 44.7 Å². The van der Waals surface area contributed by atoms with E-state index in [1.54, 1.807) is 6.07 Å². The molecule has 0 bridgehead atoms. The van der Waals surface area contributed by atoms with Crippen molar-refractivity contribution in [1.82, 2.24) is 10.2 Å². The average Bonchev–Trinajstić information content (AvgIpc) is 2.78. The molecule has 1 heterocycles. The molecule has 1 aliphatic rings. The number of rotatable bonds is 11. The molecule has 1 aliphatic heterocycles. The SMILES string of the molecule is CCCOCCNCC1(OC(C)=O)CN(C(=O)c2ccc(F)c(F)c2Nc2ccc(I)cc2F)C1. The molecule has 0 saturated carbocycles. The highest BCUT2D eigenvalue weighted by Crippen LogP contribution is 2.32. The highest BCUT2D eigenvalue weighted by molar-refractivity contribution is 14.1. The number of likely N-dealkylation sites (tertiary alicyclic amines) is 1. The van der Waals surface area contributed by atoms with Crippen LogP contribution in [-0.2, 0) is 14.3 Å². The molecule has 2 aromatic carbocycles. The van der Waals surface area contributed by atoms with Gasteiger partial charge >= 0.3 is 5.97 Å². The molecule has 7 nitrogen and oxygen atoms in total. The number of carbonyl (C=O) groups excluding carboxylic acids is 2. The van der Waals surface area contributed by atoms with Crippen molar-refractivity contribution < 1.29 is 32.2 Å². The van der Waals surface area contributed by atoms with Gasteiger partial charge in [0.1, 0.15) is 5.82 Å². The van der Waals surface area contributed by atoms with Gasteiger partial charge in [-0.25, -0.2) is 13.2 Å². The van der Waals surface area contributed by atoms with E-state index in [1.807, 2.05) is 29.5 Å². The number of nitrogens with one attached hydrogen (secondary N) is 2. The first-order valence-corrected chi connectivity index (χ1v) is 12.2. The Labute approximate surface area is 215 Å². The summed E-state index contributed by atoms with van der Waals surface area (Å²) in [4.78, 5) is 26.2. The van der Waals surface area contributed by atoms with Crippen molar-refractivity contribution in [3.63, 3.8) is 0 Å². The van der Waals surface area contributed by atoms with Crippen LogP contribution in [0.25, 0.3) is 0 Å². The molecule has 35 heavy (non-hydrogen) atoms. The van der Waals surface area contributed by atoms with Crippen LogP contribution >= 0.6 is 22.6 Å². The van der Waals surface area contributed by atoms with E-state index in [0.717, 1.165) is 18.6 Å². The minimum absolute atomic E-state index is 0.0601. The van der Waals surface area contributed by atoms with Gasteiger partial charge in [-0.3, -0.25) is 9.59 Å². The fraction of sp³-hybridized carbons (Fsp3) is 0.417. The smallest absolute Gasteiger partial charge is 0.303 e. The molecular weight excluding hydrogens is 578 g/mol. The normalized spacial score (nSPS) is 14.4. The molecule has 0 unspecified atom stereocenters. The number of benzene rings is 2. The van der Waals surface area contributed by atoms with Gasteiger partial charge in [0.05, 0.1) is 36.6 Å². The third-order valence-electron chi connectivity index (χ3n) is 5.34. The second-order valence-corrected chi connectivity index (χ2v) is 9.51. The van der Waals surface area contributed by atoms with Crippen molar-refractivity contribution in [3.8, 4) is 0 Å². The van der Waals surface area contributed by atoms with E-state index >= 15 is 0 Å². The lowest BCUT2D eigenvalue weighted by Gasteiger charge is -2.49. The molecule has 11 heteroatoms. The number of esters is 1. The maximum absolute atomic E-state index is 14.7. The maximum atomic E-state index is 14.7. The fourth-order valence-corrected chi connectivity index (χ4v) is 4.22. The highest BCUT2D eigenvalue weighted by atomic mass is 127. The summed E-state index contributed by atoms with van der Waals surface area (Å²) in [5.74, 6) is -4.25. The van der Waals surface area contributed by atoms with Crippen LogP contribution in [0, 0.1) is 21.0 Å². The van der Waals surface area contributed by atoms with Gasteiger partial charge in [-0.2, -0.15) is 0 Å². The van der Waals surface area contributed by atoms with Crippen LogP contribution in [0.2, 0.25) is 0 Å². The van der Waals surface area contributed by atoms with E-state index in [2.05, 4.69) is 10.6 Å². The Morgan fingerprint density at radius 2 is 1.86 bits per heavy atom. The summed E-state index contributed by atoms with van der Waals surface area (Å²) in [5.41, 5.74) is -1.68. The van der Waals surface area contributed by atoms with Gasteiger partial charge in [0.25, 0.3) is 5.91 Å². The Balaban J connectivity index is 1.74. The topological polar surface area (TPSA) is 79.9 Å². The Morgan fingerprint density at radius 3 is 2.51 bits per heavy atom. The first-order valence-electron chi connectivity index (χ1n) is 11.1. The third-order valence-corrected chi connectivity index (χ3v) is 6.01. The summed E-state index contributed by atoms with van der Waals surface area (Å²) in [6.07, 6.45) is 0.908. The zero-order valence-corrected chi connectivity index (χ0v) is 21.6. The van der Waals surface area contributed by atoms with E-state index < -0.39 is 40.6 Å². The Kier molecular flexibility index (Phi) is 9.36. The molecule has 0 aliphatic carbocycles. The van der Waals surface area contributed by atoms with Crippen LogP contribution in [0.4, 0.5) is 24.5 Å². The zero-order chi connectivity index (χ0) is 25.6. The number of hydrogen-bond donors (Lipinski definition) is 2. The second-order valence-electron chi connectivity index (χ2n) is 8.26. The van der Waals surface area contributed by atoms with Crippen LogP contribution in [0.15, 0.2) is 30.3 Å². The van der Waals surface area contributed by atoms with Gasteiger partial charge in [-0.05, 0) is 59.3 Å². The lowest BCUT2D eigenvalue weighted by Crippen LogP contribution is -2.69. The van der Waals surface area contributed by atoms with E-state index in [4.69, 9.17) is 9.47 Å². The summed E-state index contributed by atoms with van der Waals surface area (Å²) < 4.78 is 54.5. The molecule has 0 aromatic heterocycles. The van der Waals surface area contributed by atoms with Crippen LogP contribution in [0.5, 0.6) is 0 Å². The van der Waals surface area contributed by atoms with Gasteiger partial charge in [-0.15, -0.1) is 0 Å². The van der Waals surface area contributed by atoms with Gasteiger partial charge in [0.15, 0.2) is 17.2 Å². The Morgan fingerprint density at radius 1 is 1.11 bits per heavy atom. The molecule has 190 valence electrons. The fourth-order valence-electron chi connectivity index (χ4n) is 3.76. The lowest BCUT2D eigenvalue weighted by molar-refractivity contribution is -0.172. The number of ether oxygens (including phenoxy) is 2. The molecule has 3 rings (SSSR count). The molecule has 1 fully saturated rings. The number of carbonyl (C=O) groups is 2. The van der Waals surface area contributed by atoms with Gasteiger partial charge in [0, 0.05) is 30.2 Å². The Hall–Kier alpha value is -2.38. The van der Waals surface area contributed by atoms with Gasteiger partial charge < -0.3 is 25.0 Å². The number of halogens is 4. The van der Waals surface area contributed by atoms with Crippen LogP contribution in [0.1, 0.15) is 30.6 Å². The molecule has 0 atom stereocenters. The summed E-state index contributed by atoms with van der Waals surface area (Å²) >= 11 is 1.92.